The molecule has 0 radical (unpaired) electrons. The van der Waals surface area contributed by atoms with Crippen LogP contribution in [0.3, 0.4) is 0 Å². The molecular weight excluding hydrogens is 230 g/mol. The third kappa shape index (κ3) is 4.99. The molecule has 18 heavy (non-hydrogen) atoms. The van der Waals surface area contributed by atoms with Crippen LogP contribution < -0.4 is 5.32 Å². The summed E-state index contributed by atoms with van der Waals surface area (Å²) in [7, 11) is 0. The van der Waals surface area contributed by atoms with Gasteiger partial charge in [-0.1, -0.05) is 26.0 Å². The summed E-state index contributed by atoms with van der Waals surface area (Å²) in [5.74, 6) is -0.453. The molecule has 1 aromatic rings. The average Bonchev–Trinajstić information content (AvgIpc) is 2.34. The molecule has 0 spiro atoms. The molecule has 0 fully saturated rings. The molecule has 2 N–H and O–H groups in total. The van der Waals surface area contributed by atoms with Crippen LogP contribution in [0.4, 0.5) is 0 Å². The van der Waals surface area contributed by atoms with Crippen molar-refractivity contribution in [1.82, 2.24) is 5.32 Å². The highest BCUT2D eigenvalue weighted by atomic mass is 16.4. The van der Waals surface area contributed by atoms with E-state index >= 15 is 0 Å². The van der Waals surface area contributed by atoms with Crippen molar-refractivity contribution in [2.45, 2.75) is 26.7 Å². The molecule has 1 rings (SSSR count). The molecule has 0 saturated carbocycles. The van der Waals surface area contributed by atoms with Gasteiger partial charge in [0.15, 0.2) is 0 Å². The van der Waals surface area contributed by atoms with E-state index in [4.69, 9.17) is 5.11 Å². The molecule has 4 nitrogen and oxygen atoms in total. The number of hydrogen-bond donors (Lipinski definition) is 2. The fourth-order valence-corrected chi connectivity index (χ4v) is 1.48. The smallest absolute Gasteiger partial charge is 0.335 e. The van der Waals surface area contributed by atoms with Crippen molar-refractivity contribution in [3.8, 4) is 0 Å². The highest BCUT2D eigenvalue weighted by molar-refractivity contribution is 5.87. The van der Waals surface area contributed by atoms with Gasteiger partial charge in [-0.15, -0.1) is 0 Å². The highest BCUT2D eigenvalue weighted by Crippen LogP contribution is 2.06. The lowest BCUT2D eigenvalue weighted by Gasteiger charge is -2.07. The number of carboxylic acid groups (broad SMARTS) is 1. The van der Waals surface area contributed by atoms with Gasteiger partial charge in [-0.25, -0.2) is 4.79 Å². The number of carbonyl (C=O) groups is 2. The molecule has 1 amide bonds. The van der Waals surface area contributed by atoms with Crippen LogP contribution in [-0.2, 0) is 11.2 Å². The Kier molecular flexibility index (Phi) is 5.36. The number of rotatable bonds is 6. The van der Waals surface area contributed by atoms with Crippen molar-refractivity contribution < 1.29 is 14.7 Å². The van der Waals surface area contributed by atoms with E-state index in [0.29, 0.717) is 25.3 Å². The number of carbonyl (C=O) groups excluding carboxylic acids is 1. The van der Waals surface area contributed by atoms with E-state index in [1.807, 2.05) is 13.8 Å². The zero-order valence-corrected chi connectivity index (χ0v) is 10.8. The Balaban J connectivity index is 2.39. The first-order chi connectivity index (χ1) is 8.49. The summed E-state index contributed by atoms with van der Waals surface area (Å²) in [6.07, 6.45) is 1.06. The molecule has 0 aromatic heterocycles. The van der Waals surface area contributed by atoms with Gasteiger partial charge in [0.2, 0.25) is 5.91 Å². The van der Waals surface area contributed by atoms with E-state index in [1.165, 1.54) is 0 Å². The minimum absolute atomic E-state index is 0.0333. The molecule has 0 atom stereocenters. The molecule has 4 heteroatoms. The topological polar surface area (TPSA) is 66.4 Å². The molecule has 0 bridgehead atoms. The van der Waals surface area contributed by atoms with Crippen molar-refractivity contribution in [2.24, 2.45) is 5.92 Å². The lowest BCUT2D eigenvalue weighted by Crippen LogP contribution is -2.27. The van der Waals surface area contributed by atoms with E-state index in [1.54, 1.807) is 24.3 Å². The van der Waals surface area contributed by atoms with Gasteiger partial charge in [-0.2, -0.15) is 0 Å². The van der Waals surface area contributed by atoms with E-state index in [-0.39, 0.29) is 11.5 Å². The second kappa shape index (κ2) is 6.79. The predicted octanol–water partition coefficient (Wildman–Crippen LogP) is 2.09. The first-order valence-electron chi connectivity index (χ1n) is 6.08. The fourth-order valence-electron chi connectivity index (χ4n) is 1.48. The van der Waals surface area contributed by atoms with Crippen molar-refractivity contribution in [3.05, 3.63) is 35.4 Å². The first-order valence-corrected chi connectivity index (χ1v) is 6.08. The quantitative estimate of drug-likeness (QED) is 0.811. The average molecular weight is 249 g/mol. The SMILES string of the molecule is CC(C)CNC(=O)CCc1ccc(C(=O)O)cc1. The summed E-state index contributed by atoms with van der Waals surface area (Å²) in [6, 6.07) is 6.62. The van der Waals surface area contributed by atoms with Crippen LogP contribution in [0.15, 0.2) is 24.3 Å². The molecule has 0 unspecified atom stereocenters. The molecular formula is C14H19NO3. The van der Waals surface area contributed by atoms with Crippen LogP contribution in [0.5, 0.6) is 0 Å². The Morgan fingerprint density at radius 3 is 2.33 bits per heavy atom. The number of aryl methyl sites for hydroxylation is 1. The number of nitrogens with one attached hydrogen (secondary N) is 1. The molecule has 0 saturated heterocycles. The Morgan fingerprint density at radius 2 is 1.83 bits per heavy atom. The summed E-state index contributed by atoms with van der Waals surface area (Å²) in [5.41, 5.74) is 1.24. The first kappa shape index (κ1) is 14.2. The summed E-state index contributed by atoms with van der Waals surface area (Å²) >= 11 is 0. The maximum Gasteiger partial charge on any atom is 0.335 e. The van der Waals surface area contributed by atoms with Crippen molar-refractivity contribution in [2.75, 3.05) is 6.54 Å². The molecule has 0 aliphatic rings. The minimum atomic E-state index is -0.934. The predicted molar refractivity (Wildman–Crippen MR) is 69.6 cm³/mol. The lowest BCUT2D eigenvalue weighted by molar-refractivity contribution is -0.121. The monoisotopic (exact) mass is 249 g/mol. The number of benzene rings is 1. The van der Waals surface area contributed by atoms with Crippen LogP contribution in [0.2, 0.25) is 0 Å². The second-order valence-corrected chi connectivity index (χ2v) is 4.70. The van der Waals surface area contributed by atoms with Crippen molar-refractivity contribution >= 4 is 11.9 Å². The van der Waals surface area contributed by atoms with Crippen LogP contribution in [-0.4, -0.2) is 23.5 Å². The highest BCUT2D eigenvalue weighted by Gasteiger charge is 2.05. The third-order valence-corrected chi connectivity index (χ3v) is 2.55. The van der Waals surface area contributed by atoms with Gasteiger partial charge in [0.1, 0.15) is 0 Å². The van der Waals surface area contributed by atoms with E-state index in [0.717, 1.165) is 5.56 Å². The number of carboxylic acids is 1. The van der Waals surface area contributed by atoms with Gasteiger partial charge >= 0.3 is 5.97 Å². The van der Waals surface area contributed by atoms with Gasteiger partial charge in [0.05, 0.1) is 5.56 Å². The summed E-state index contributed by atoms with van der Waals surface area (Å²) in [5, 5.41) is 11.6. The van der Waals surface area contributed by atoms with Gasteiger partial charge in [-0.05, 0) is 30.0 Å². The second-order valence-electron chi connectivity index (χ2n) is 4.70. The zero-order valence-electron chi connectivity index (χ0n) is 10.8. The normalized spacial score (nSPS) is 10.4. The lowest BCUT2D eigenvalue weighted by atomic mass is 10.1. The van der Waals surface area contributed by atoms with Crippen LogP contribution in [0.25, 0.3) is 0 Å². The Morgan fingerprint density at radius 1 is 1.22 bits per heavy atom. The molecule has 0 heterocycles. The van der Waals surface area contributed by atoms with E-state index < -0.39 is 5.97 Å². The number of hydrogen-bond acceptors (Lipinski definition) is 2. The van der Waals surface area contributed by atoms with Gasteiger partial charge in [-0.3, -0.25) is 4.79 Å². The van der Waals surface area contributed by atoms with Crippen LogP contribution >= 0.6 is 0 Å². The van der Waals surface area contributed by atoms with Gasteiger partial charge in [0, 0.05) is 13.0 Å². The maximum absolute atomic E-state index is 11.5. The summed E-state index contributed by atoms with van der Waals surface area (Å²) in [6.45, 7) is 4.78. The summed E-state index contributed by atoms with van der Waals surface area (Å²) < 4.78 is 0. The third-order valence-electron chi connectivity index (χ3n) is 2.55. The number of amides is 1. The molecule has 98 valence electrons. The van der Waals surface area contributed by atoms with Gasteiger partial charge < -0.3 is 10.4 Å². The Labute approximate surface area is 107 Å². The largest absolute Gasteiger partial charge is 0.478 e. The maximum atomic E-state index is 11.5. The Hall–Kier alpha value is -1.84. The molecule has 1 aromatic carbocycles. The fraction of sp³-hybridized carbons (Fsp3) is 0.429. The van der Waals surface area contributed by atoms with E-state index in [2.05, 4.69) is 5.32 Å². The zero-order chi connectivity index (χ0) is 13.5. The van der Waals surface area contributed by atoms with E-state index in [9.17, 15) is 9.59 Å². The Bertz CT molecular complexity index is 410. The van der Waals surface area contributed by atoms with Crippen LogP contribution in [0, 0.1) is 5.92 Å². The molecule has 0 aliphatic carbocycles. The standard InChI is InChI=1S/C14H19NO3/c1-10(2)9-15-13(16)8-5-11-3-6-12(7-4-11)14(17)18/h3-4,6-7,10H,5,8-9H2,1-2H3,(H,15,16)(H,17,18). The number of aromatic carboxylic acids is 1. The van der Waals surface area contributed by atoms with Gasteiger partial charge in [0.25, 0.3) is 0 Å². The van der Waals surface area contributed by atoms with Crippen molar-refractivity contribution in [1.29, 1.82) is 0 Å². The van der Waals surface area contributed by atoms with Crippen molar-refractivity contribution in [3.63, 3.8) is 0 Å². The molecule has 0 aliphatic heterocycles. The minimum Gasteiger partial charge on any atom is -0.478 e. The summed E-state index contributed by atoms with van der Waals surface area (Å²) in [4.78, 5) is 22.2. The van der Waals surface area contributed by atoms with Crippen LogP contribution in [0.1, 0.15) is 36.2 Å².